The van der Waals surface area contributed by atoms with Crippen molar-refractivity contribution in [3.63, 3.8) is 0 Å². The van der Waals surface area contributed by atoms with Crippen molar-refractivity contribution >= 4 is 17.7 Å². The van der Waals surface area contributed by atoms with Gasteiger partial charge in [0.2, 0.25) is 0 Å². The average molecular weight is 365 g/mol. The lowest BCUT2D eigenvalue weighted by Gasteiger charge is -2.25. The normalized spacial score (nSPS) is 16.6. The number of furan rings is 1. The summed E-state index contributed by atoms with van der Waals surface area (Å²) in [5, 5.41) is -0.0698. The number of carbonyl (C=O) groups excluding carboxylic acids is 1. The third-order valence-electron chi connectivity index (χ3n) is 4.31. The third kappa shape index (κ3) is 3.48. The van der Waals surface area contributed by atoms with E-state index >= 15 is 0 Å². The number of thioether (sulfide) groups is 1. The van der Waals surface area contributed by atoms with E-state index in [-0.39, 0.29) is 11.3 Å². The van der Waals surface area contributed by atoms with Gasteiger partial charge in [0.25, 0.3) is 5.91 Å². The molecule has 2 heterocycles. The highest BCUT2D eigenvalue weighted by Crippen LogP contribution is 2.42. The summed E-state index contributed by atoms with van der Waals surface area (Å²) in [7, 11) is 0. The molecule has 0 spiro atoms. The molecule has 1 amide bonds. The molecule has 1 atom stereocenters. The summed E-state index contributed by atoms with van der Waals surface area (Å²) in [5.74, 6) is 2.00. The molecule has 2 aromatic carbocycles. The van der Waals surface area contributed by atoms with Crippen LogP contribution in [0.1, 0.15) is 27.1 Å². The molecule has 1 aromatic heterocycles. The van der Waals surface area contributed by atoms with Crippen molar-refractivity contribution in [2.75, 3.05) is 12.3 Å². The Morgan fingerprint density at radius 1 is 1.08 bits per heavy atom. The third-order valence-corrected chi connectivity index (χ3v) is 5.55. The summed E-state index contributed by atoms with van der Waals surface area (Å²) >= 11 is 1.75. The van der Waals surface area contributed by atoms with Crippen LogP contribution in [0.3, 0.4) is 0 Å². The second-order valence-corrected chi connectivity index (χ2v) is 7.20. The van der Waals surface area contributed by atoms with E-state index < -0.39 is 0 Å². The second-order valence-electron chi connectivity index (χ2n) is 6.01. The Morgan fingerprint density at radius 3 is 2.69 bits per heavy atom. The number of hydrogen-bond donors (Lipinski definition) is 0. The van der Waals surface area contributed by atoms with Crippen LogP contribution in [0.15, 0.2) is 77.4 Å². The van der Waals surface area contributed by atoms with Crippen LogP contribution in [0.4, 0.5) is 0 Å². The van der Waals surface area contributed by atoms with Gasteiger partial charge in [0.05, 0.1) is 6.26 Å². The van der Waals surface area contributed by atoms with E-state index in [1.54, 1.807) is 23.9 Å². The quantitative estimate of drug-likeness (QED) is 0.655. The van der Waals surface area contributed by atoms with Gasteiger partial charge in [-0.3, -0.25) is 4.79 Å². The molecule has 1 saturated heterocycles. The molecular weight excluding hydrogens is 346 g/mol. The molecular formula is C21H19NO3S. The molecule has 1 aliphatic heterocycles. The Morgan fingerprint density at radius 2 is 1.88 bits per heavy atom. The summed E-state index contributed by atoms with van der Waals surface area (Å²) in [5.41, 5.74) is 2.13. The molecule has 4 rings (SSSR count). The first kappa shape index (κ1) is 16.8. The highest BCUT2D eigenvalue weighted by atomic mass is 32.2. The van der Waals surface area contributed by atoms with E-state index in [9.17, 15) is 4.79 Å². The molecule has 0 radical (unpaired) electrons. The number of hydrogen-bond acceptors (Lipinski definition) is 4. The summed E-state index contributed by atoms with van der Waals surface area (Å²) < 4.78 is 11.4. The topological polar surface area (TPSA) is 42.7 Å². The molecule has 0 aliphatic carbocycles. The maximum Gasteiger partial charge on any atom is 0.290 e. The highest BCUT2D eigenvalue weighted by molar-refractivity contribution is 7.99. The number of ether oxygens (including phenoxy) is 1. The van der Waals surface area contributed by atoms with Crippen molar-refractivity contribution < 1.29 is 13.9 Å². The van der Waals surface area contributed by atoms with E-state index in [0.29, 0.717) is 18.9 Å². The van der Waals surface area contributed by atoms with Gasteiger partial charge in [-0.05, 0) is 23.8 Å². The molecule has 0 bridgehead atoms. The number of carbonyl (C=O) groups is 1. The van der Waals surface area contributed by atoms with E-state index in [4.69, 9.17) is 9.15 Å². The fraction of sp³-hybridized carbons (Fsp3) is 0.190. The summed E-state index contributed by atoms with van der Waals surface area (Å²) in [6.07, 6.45) is 1.53. The minimum absolute atomic E-state index is 0.0698. The Balaban J connectivity index is 1.56. The molecule has 132 valence electrons. The van der Waals surface area contributed by atoms with Gasteiger partial charge < -0.3 is 14.1 Å². The van der Waals surface area contributed by atoms with Crippen molar-refractivity contribution in [1.29, 1.82) is 0 Å². The Labute approximate surface area is 156 Å². The maximum atomic E-state index is 12.8. The fourth-order valence-corrected chi connectivity index (χ4v) is 4.31. The Bertz CT molecular complexity index is 864. The van der Waals surface area contributed by atoms with Crippen molar-refractivity contribution in [2.24, 2.45) is 0 Å². The van der Waals surface area contributed by atoms with E-state index in [2.05, 4.69) is 0 Å². The van der Waals surface area contributed by atoms with Gasteiger partial charge in [-0.15, -0.1) is 11.8 Å². The zero-order chi connectivity index (χ0) is 17.8. The van der Waals surface area contributed by atoms with E-state index in [1.165, 1.54) is 6.26 Å². The zero-order valence-electron chi connectivity index (χ0n) is 14.2. The first-order valence-electron chi connectivity index (χ1n) is 8.54. The van der Waals surface area contributed by atoms with E-state index in [1.807, 2.05) is 59.5 Å². The largest absolute Gasteiger partial charge is 0.489 e. The highest BCUT2D eigenvalue weighted by Gasteiger charge is 2.34. The van der Waals surface area contributed by atoms with Crippen LogP contribution in [-0.2, 0) is 6.61 Å². The number of amides is 1. The van der Waals surface area contributed by atoms with Gasteiger partial charge in [-0.2, -0.15) is 0 Å². The Hall–Kier alpha value is -2.66. The first-order chi connectivity index (χ1) is 12.8. The minimum atomic E-state index is -0.0807. The fourth-order valence-electron chi connectivity index (χ4n) is 3.03. The molecule has 1 aliphatic rings. The monoisotopic (exact) mass is 365 g/mol. The molecule has 26 heavy (non-hydrogen) atoms. The van der Waals surface area contributed by atoms with Crippen LogP contribution in [0.5, 0.6) is 5.75 Å². The zero-order valence-corrected chi connectivity index (χ0v) is 15.0. The van der Waals surface area contributed by atoms with Crippen molar-refractivity contribution in [3.05, 3.63) is 89.9 Å². The summed E-state index contributed by atoms with van der Waals surface area (Å²) in [6.45, 7) is 1.20. The number of para-hydroxylation sites is 1. The standard InChI is InChI=1S/C21H19NO3S/c23-20(19-11-6-13-24-19)22-12-14-26-21(22)17-9-4-5-10-18(17)25-15-16-7-2-1-3-8-16/h1-11,13,21H,12,14-15H2. The predicted octanol–water partition coefficient (Wildman–Crippen LogP) is 4.75. The molecule has 1 unspecified atom stereocenters. The second kappa shape index (κ2) is 7.70. The molecule has 3 aromatic rings. The molecule has 1 fully saturated rings. The van der Waals surface area contributed by atoms with Crippen molar-refractivity contribution in [3.8, 4) is 5.75 Å². The van der Waals surface area contributed by atoms with Crippen molar-refractivity contribution in [2.45, 2.75) is 12.0 Å². The Kier molecular flexibility index (Phi) is 4.97. The summed E-state index contributed by atoms with van der Waals surface area (Å²) in [4.78, 5) is 14.6. The van der Waals surface area contributed by atoms with Crippen LogP contribution < -0.4 is 4.74 Å². The number of rotatable bonds is 5. The van der Waals surface area contributed by atoms with Gasteiger partial charge in [0, 0.05) is 17.9 Å². The SMILES string of the molecule is O=C(c1ccco1)N1CCSC1c1ccccc1OCc1ccccc1. The van der Waals surface area contributed by atoms with Gasteiger partial charge in [-0.25, -0.2) is 0 Å². The average Bonchev–Trinajstić information content (AvgIpc) is 3.39. The summed E-state index contributed by atoms with van der Waals surface area (Å²) in [6, 6.07) is 21.5. The van der Waals surface area contributed by atoms with Crippen LogP contribution >= 0.6 is 11.8 Å². The van der Waals surface area contributed by atoms with Gasteiger partial charge in [-0.1, -0.05) is 48.5 Å². The number of nitrogens with zero attached hydrogens (tertiary/aromatic N) is 1. The lowest BCUT2D eigenvalue weighted by molar-refractivity contribution is 0.0727. The molecule has 4 nitrogen and oxygen atoms in total. The van der Waals surface area contributed by atoms with Gasteiger partial charge in [0.15, 0.2) is 5.76 Å². The molecule has 0 N–H and O–H groups in total. The van der Waals surface area contributed by atoms with E-state index in [0.717, 1.165) is 22.6 Å². The first-order valence-corrected chi connectivity index (χ1v) is 9.59. The lowest BCUT2D eigenvalue weighted by Crippen LogP contribution is -2.30. The van der Waals surface area contributed by atoms with Gasteiger partial charge >= 0.3 is 0 Å². The molecule has 5 heteroatoms. The van der Waals surface area contributed by atoms with Crippen molar-refractivity contribution in [1.82, 2.24) is 4.90 Å². The smallest absolute Gasteiger partial charge is 0.290 e. The number of benzene rings is 2. The maximum absolute atomic E-state index is 12.8. The molecule has 0 saturated carbocycles. The van der Waals surface area contributed by atoms with Gasteiger partial charge in [0.1, 0.15) is 17.7 Å². The van der Waals surface area contributed by atoms with Crippen LogP contribution in [0.2, 0.25) is 0 Å². The predicted molar refractivity (Wildman–Crippen MR) is 102 cm³/mol. The van der Waals surface area contributed by atoms with Crippen LogP contribution in [-0.4, -0.2) is 23.1 Å². The lowest BCUT2D eigenvalue weighted by atomic mass is 10.1. The van der Waals surface area contributed by atoms with Crippen LogP contribution in [0, 0.1) is 0 Å². The van der Waals surface area contributed by atoms with Crippen LogP contribution in [0.25, 0.3) is 0 Å². The minimum Gasteiger partial charge on any atom is -0.489 e.